The fourth-order valence-corrected chi connectivity index (χ4v) is 1.58. The number of pyridine rings is 1. The van der Waals surface area contributed by atoms with Gasteiger partial charge in [0.1, 0.15) is 11.3 Å². The second-order valence-electron chi connectivity index (χ2n) is 3.35. The number of halogens is 1. The Morgan fingerprint density at radius 1 is 1.12 bits per heavy atom. The highest BCUT2D eigenvalue weighted by atomic mass is 19.1. The molecule has 0 saturated carbocycles. The number of nitrogens with zero attached hydrogens (tertiary/aromatic N) is 4. The predicted molar refractivity (Wildman–Crippen MR) is 56.6 cm³/mol. The maximum absolute atomic E-state index is 13.0. The Labute approximate surface area is 90.4 Å². The van der Waals surface area contributed by atoms with Crippen molar-refractivity contribution in [1.29, 1.82) is 0 Å². The summed E-state index contributed by atoms with van der Waals surface area (Å²) in [6, 6.07) is 8.86. The Morgan fingerprint density at radius 2 is 2.00 bits per heavy atom. The molecule has 0 bridgehead atoms. The number of hydrogen-bond donors (Lipinski definition) is 0. The van der Waals surface area contributed by atoms with E-state index in [1.165, 1.54) is 6.07 Å². The Morgan fingerprint density at radius 3 is 2.88 bits per heavy atom. The zero-order chi connectivity index (χ0) is 11.0. The molecule has 2 heterocycles. The lowest BCUT2D eigenvalue weighted by Gasteiger charge is -2.00. The van der Waals surface area contributed by atoms with Crippen LogP contribution in [0.2, 0.25) is 0 Å². The van der Waals surface area contributed by atoms with Crippen molar-refractivity contribution in [1.82, 2.24) is 20.0 Å². The molecule has 5 heteroatoms. The van der Waals surface area contributed by atoms with Crippen LogP contribution in [-0.4, -0.2) is 20.0 Å². The molecule has 0 aliphatic rings. The molecule has 0 amide bonds. The highest BCUT2D eigenvalue weighted by Crippen LogP contribution is 2.15. The summed E-state index contributed by atoms with van der Waals surface area (Å²) in [4.78, 5) is 3.78. The minimum atomic E-state index is -0.392. The molecular formula is C11H7FN4. The number of para-hydroxylation sites is 1. The van der Waals surface area contributed by atoms with Crippen molar-refractivity contribution in [3.05, 3.63) is 48.5 Å². The Kier molecular flexibility index (Phi) is 1.89. The lowest BCUT2D eigenvalue weighted by Crippen LogP contribution is -1.97. The first-order valence-electron chi connectivity index (χ1n) is 4.76. The normalized spacial score (nSPS) is 10.8. The van der Waals surface area contributed by atoms with Crippen LogP contribution in [0.3, 0.4) is 0 Å². The van der Waals surface area contributed by atoms with Gasteiger partial charge in [0.25, 0.3) is 0 Å². The van der Waals surface area contributed by atoms with E-state index in [4.69, 9.17) is 0 Å². The molecule has 0 aliphatic heterocycles. The van der Waals surface area contributed by atoms with Gasteiger partial charge in [-0.3, -0.25) is 4.98 Å². The van der Waals surface area contributed by atoms with Crippen LogP contribution >= 0.6 is 0 Å². The predicted octanol–water partition coefficient (Wildman–Crippen LogP) is 1.95. The first kappa shape index (κ1) is 8.96. The van der Waals surface area contributed by atoms with Gasteiger partial charge in [-0.15, -0.1) is 5.10 Å². The van der Waals surface area contributed by atoms with Crippen molar-refractivity contribution in [2.24, 2.45) is 0 Å². The van der Waals surface area contributed by atoms with Crippen LogP contribution in [0.5, 0.6) is 0 Å². The summed E-state index contributed by atoms with van der Waals surface area (Å²) >= 11 is 0. The molecule has 0 atom stereocenters. The molecule has 0 N–H and O–H groups in total. The van der Waals surface area contributed by atoms with Crippen molar-refractivity contribution in [3.63, 3.8) is 0 Å². The summed E-state index contributed by atoms with van der Waals surface area (Å²) < 4.78 is 14.6. The molecule has 2 aromatic heterocycles. The number of benzene rings is 1. The van der Waals surface area contributed by atoms with Gasteiger partial charge in [-0.2, -0.15) is 0 Å². The van der Waals surface area contributed by atoms with Crippen LogP contribution in [0, 0.1) is 5.82 Å². The average molecular weight is 214 g/mol. The summed E-state index contributed by atoms with van der Waals surface area (Å²) in [7, 11) is 0. The smallest absolute Gasteiger partial charge is 0.143 e. The fraction of sp³-hybridized carbons (Fsp3) is 0. The van der Waals surface area contributed by atoms with E-state index >= 15 is 0 Å². The second-order valence-corrected chi connectivity index (χ2v) is 3.35. The molecule has 0 fully saturated rings. The van der Waals surface area contributed by atoms with Gasteiger partial charge in [-0.25, -0.2) is 9.07 Å². The van der Waals surface area contributed by atoms with Crippen molar-refractivity contribution in [3.8, 4) is 5.69 Å². The van der Waals surface area contributed by atoms with Crippen LogP contribution in [0.1, 0.15) is 0 Å². The van der Waals surface area contributed by atoms with E-state index in [1.54, 1.807) is 10.9 Å². The van der Waals surface area contributed by atoms with Gasteiger partial charge in [0.05, 0.1) is 23.6 Å². The highest BCUT2D eigenvalue weighted by Gasteiger charge is 2.06. The third kappa shape index (κ3) is 1.33. The molecule has 3 rings (SSSR count). The van der Waals surface area contributed by atoms with Crippen molar-refractivity contribution >= 4 is 11.0 Å². The number of hydrogen-bond acceptors (Lipinski definition) is 3. The van der Waals surface area contributed by atoms with Crippen LogP contribution in [-0.2, 0) is 0 Å². The summed E-state index contributed by atoms with van der Waals surface area (Å²) in [5.74, 6) is -0.392. The molecule has 3 aromatic rings. The zero-order valence-electron chi connectivity index (χ0n) is 8.21. The summed E-state index contributed by atoms with van der Waals surface area (Å²) in [6.07, 6.45) is 2.70. The van der Waals surface area contributed by atoms with E-state index in [-0.39, 0.29) is 0 Å². The summed E-state index contributed by atoms with van der Waals surface area (Å²) in [5, 5.41) is 7.95. The molecule has 0 aliphatic carbocycles. The molecule has 1 aromatic carbocycles. The van der Waals surface area contributed by atoms with Gasteiger partial charge in [-0.1, -0.05) is 17.3 Å². The van der Waals surface area contributed by atoms with E-state index < -0.39 is 5.82 Å². The summed E-state index contributed by atoms with van der Waals surface area (Å²) in [6.45, 7) is 0. The Bertz CT molecular complexity index is 647. The van der Waals surface area contributed by atoms with Gasteiger partial charge < -0.3 is 0 Å². The molecule has 78 valence electrons. The first-order chi connectivity index (χ1) is 7.84. The quantitative estimate of drug-likeness (QED) is 0.621. The van der Waals surface area contributed by atoms with E-state index in [9.17, 15) is 4.39 Å². The monoisotopic (exact) mass is 214 g/mol. The van der Waals surface area contributed by atoms with Crippen molar-refractivity contribution in [2.75, 3.05) is 0 Å². The zero-order valence-corrected chi connectivity index (χ0v) is 8.21. The largest absolute Gasteiger partial charge is 0.259 e. The van der Waals surface area contributed by atoms with Crippen molar-refractivity contribution < 1.29 is 4.39 Å². The van der Waals surface area contributed by atoms with Gasteiger partial charge >= 0.3 is 0 Å². The average Bonchev–Trinajstić information content (AvgIpc) is 2.72. The van der Waals surface area contributed by atoms with E-state index in [0.29, 0.717) is 5.69 Å². The molecule has 16 heavy (non-hydrogen) atoms. The molecule has 0 radical (unpaired) electrons. The van der Waals surface area contributed by atoms with E-state index in [0.717, 1.165) is 17.2 Å². The number of rotatable bonds is 1. The Hall–Kier alpha value is -2.30. The number of fused-ring (bicyclic) bond motifs is 1. The van der Waals surface area contributed by atoms with Crippen LogP contribution in [0.15, 0.2) is 42.7 Å². The van der Waals surface area contributed by atoms with E-state index in [1.807, 2.05) is 24.3 Å². The van der Waals surface area contributed by atoms with Gasteiger partial charge in [-0.05, 0) is 12.1 Å². The van der Waals surface area contributed by atoms with Crippen molar-refractivity contribution in [2.45, 2.75) is 0 Å². The lowest BCUT2D eigenvalue weighted by molar-refractivity contribution is 0.618. The maximum Gasteiger partial charge on any atom is 0.143 e. The van der Waals surface area contributed by atoms with E-state index in [2.05, 4.69) is 15.3 Å². The highest BCUT2D eigenvalue weighted by molar-refractivity contribution is 5.75. The standard InChI is InChI=1S/C11H7FN4/c12-8-5-9(7-13-6-8)16-11-4-2-1-3-10(11)14-15-16/h1-7H. The lowest BCUT2D eigenvalue weighted by atomic mass is 10.3. The fourth-order valence-electron chi connectivity index (χ4n) is 1.58. The second kappa shape index (κ2) is 3.37. The molecular weight excluding hydrogens is 207 g/mol. The topological polar surface area (TPSA) is 43.6 Å². The Balaban J connectivity index is 2.26. The molecule has 0 spiro atoms. The maximum atomic E-state index is 13.0. The minimum absolute atomic E-state index is 0.392. The third-order valence-electron chi connectivity index (χ3n) is 2.29. The SMILES string of the molecule is Fc1cncc(-n2nnc3ccccc32)c1. The first-order valence-corrected chi connectivity index (χ1v) is 4.76. The minimum Gasteiger partial charge on any atom is -0.259 e. The van der Waals surface area contributed by atoms with Gasteiger partial charge in [0, 0.05) is 6.07 Å². The molecule has 0 saturated heterocycles. The van der Waals surface area contributed by atoms with Gasteiger partial charge in [0.2, 0.25) is 0 Å². The third-order valence-corrected chi connectivity index (χ3v) is 2.29. The van der Waals surface area contributed by atoms with Crippen LogP contribution in [0.25, 0.3) is 16.7 Å². The summed E-state index contributed by atoms with van der Waals surface area (Å²) in [5.41, 5.74) is 2.16. The van der Waals surface area contributed by atoms with Gasteiger partial charge in [0.15, 0.2) is 0 Å². The van der Waals surface area contributed by atoms with Crippen LogP contribution < -0.4 is 0 Å². The number of aromatic nitrogens is 4. The van der Waals surface area contributed by atoms with Crippen LogP contribution in [0.4, 0.5) is 4.39 Å². The molecule has 0 unspecified atom stereocenters. The molecule has 4 nitrogen and oxygen atoms in total.